The van der Waals surface area contributed by atoms with Gasteiger partial charge in [-0.15, -0.1) is 0 Å². The van der Waals surface area contributed by atoms with Crippen LogP contribution in [0.25, 0.3) is 0 Å². The summed E-state index contributed by atoms with van der Waals surface area (Å²) in [6.07, 6.45) is 8.17. The van der Waals surface area contributed by atoms with Gasteiger partial charge < -0.3 is 15.3 Å². The molecule has 0 spiro atoms. The average molecular weight is 857 g/mol. The third kappa shape index (κ3) is 33.3. The number of hydrogen-bond acceptors (Lipinski definition) is 10. The number of ketones is 7. The number of benzene rings is 1. The molecule has 11 heteroatoms. The second-order valence-electron chi connectivity index (χ2n) is 18.3. The van der Waals surface area contributed by atoms with Gasteiger partial charge in [-0.2, -0.15) is 0 Å². The summed E-state index contributed by atoms with van der Waals surface area (Å²) >= 11 is 0. The minimum Gasteiger partial charge on any atom is -0.330 e. The van der Waals surface area contributed by atoms with Crippen LogP contribution in [0.4, 0.5) is 0 Å². The summed E-state index contributed by atoms with van der Waals surface area (Å²) in [6, 6.07) is 7.84. The highest BCUT2D eigenvalue weighted by Gasteiger charge is 2.36. The molecule has 11 nitrogen and oxygen atoms in total. The number of nitrogens with zero attached hydrogens (tertiary/aromatic N) is 1. The third-order valence-corrected chi connectivity index (χ3v) is 9.57. The Balaban J connectivity index is -0.000000733. The van der Waals surface area contributed by atoms with Gasteiger partial charge in [0.15, 0.2) is 0 Å². The number of carbonyl (C=O) groups is 9. The largest absolute Gasteiger partial charge is 0.330 e. The maximum atomic E-state index is 12.1. The molecule has 0 aromatic heterocycles. The lowest BCUT2D eigenvalue weighted by Crippen LogP contribution is -2.36. The smallest absolute Gasteiger partial charge is 0.232 e. The molecule has 1 aromatic rings. The first-order chi connectivity index (χ1) is 28.1. The van der Waals surface area contributed by atoms with E-state index in [1.165, 1.54) is 4.90 Å². The Morgan fingerprint density at radius 3 is 1.57 bits per heavy atom. The minimum atomic E-state index is -0.358. The van der Waals surface area contributed by atoms with Gasteiger partial charge >= 0.3 is 0 Å². The van der Waals surface area contributed by atoms with Crippen molar-refractivity contribution >= 4 is 52.3 Å². The van der Waals surface area contributed by atoms with Crippen LogP contribution in [0.1, 0.15) is 186 Å². The van der Waals surface area contributed by atoms with Crippen molar-refractivity contribution in [3.8, 4) is 0 Å². The number of amides is 2. The average Bonchev–Trinajstić information content (AvgIpc) is 3.40. The van der Waals surface area contributed by atoms with Crippen LogP contribution in [-0.2, 0) is 56.0 Å². The molecule has 348 valence electrons. The number of aryl methyl sites for hydroxylation is 1. The van der Waals surface area contributed by atoms with Crippen molar-refractivity contribution in [3.05, 3.63) is 35.4 Å². The van der Waals surface area contributed by atoms with Crippen molar-refractivity contribution in [1.29, 1.82) is 0 Å². The lowest BCUT2D eigenvalue weighted by molar-refractivity contribution is -0.141. The molecule has 1 heterocycles. The van der Waals surface area contributed by atoms with Gasteiger partial charge in [0.2, 0.25) is 11.8 Å². The van der Waals surface area contributed by atoms with Gasteiger partial charge in [-0.05, 0) is 90.8 Å². The van der Waals surface area contributed by atoms with Crippen LogP contribution in [0.3, 0.4) is 0 Å². The van der Waals surface area contributed by atoms with Crippen molar-refractivity contribution in [1.82, 2.24) is 4.90 Å². The van der Waals surface area contributed by atoms with E-state index in [4.69, 9.17) is 5.73 Å². The molecule has 1 aliphatic heterocycles. The van der Waals surface area contributed by atoms with Gasteiger partial charge in [0.1, 0.15) is 40.5 Å². The highest BCUT2D eigenvalue weighted by atomic mass is 16.2. The third-order valence-electron chi connectivity index (χ3n) is 9.57. The predicted octanol–water partition coefficient (Wildman–Crippen LogP) is 9.44. The molecule has 1 fully saturated rings. The lowest BCUT2D eigenvalue weighted by atomic mass is 9.79. The van der Waals surface area contributed by atoms with E-state index >= 15 is 0 Å². The first-order valence-corrected chi connectivity index (χ1v) is 22.3. The maximum absolute atomic E-state index is 12.1. The monoisotopic (exact) mass is 857 g/mol. The Hall–Kier alpha value is -3.99. The fourth-order valence-electron chi connectivity index (χ4n) is 5.82. The van der Waals surface area contributed by atoms with E-state index in [1.54, 1.807) is 34.6 Å². The molecule has 2 amide bonds. The highest BCUT2D eigenvalue weighted by Crippen LogP contribution is 2.26. The molecule has 2 N–H and O–H groups in total. The van der Waals surface area contributed by atoms with Gasteiger partial charge in [0.25, 0.3) is 0 Å². The van der Waals surface area contributed by atoms with Crippen molar-refractivity contribution in [2.75, 3.05) is 6.54 Å². The summed E-state index contributed by atoms with van der Waals surface area (Å²) < 4.78 is 0. The number of Topliss-reactive ketones (excluding diaryl/α,β-unsaturated/α-hetero) is 7. The number of unbranched alkanes of at least 4 members (excludes halogenated alkanes) is 1. The summed E-state index contributed by atoms with van der Waals surface area (Å²) in [5.41, 5.74) is 7.18. The molecule has 2 atom stereocenters. The number of likely N-dealkylation sites (tertiary alicyclic amines) is 1. The van der Waals surface area contributed by atoms with Crippen molar-refractivity contribution in [2.24, 2.45) is 34.8 Å². The highest BCUT2D eigenvalue weighted by molar-refractivity contribution is 6.03. The van der Waals surface area contributed by atoms with Gasteiger partial charge in [-0.25, -0.2) is 0 Å². The van der Waals surface area contributed by atoms with E-state index < -0.39 is 0 Å². The van der Waals surface area contributed by atoms with Crippen molar-refractivity contribution in [3.63, 3.8) is 0 Å². The molecule has 2 unspecified atom stereocenters. The zero-order valence-electron chi connectivity index (χ0n) is 40.8. The Morgan fingerprint density at radius 1 is 0.721 bits per heavy atom. The molecule has 0 radical (unpaired) electrons. The molecule has 1 saturated heterocycles. The molecule has 2 rings (SSSR count). The Labute approximate surface area is 369 Å². The Morgan fingerprint density at radius 2 is 1.25 bits per heavy atom. The lowest BCUT2D eigenvalue weighted by Gasteiger charge is -2.24. The predicted molar refractivity (Wildman–Crippen MR) is 246 cm³/mol. The summed E-state index contributed by atoms with van der Waals surface area (Å²) in [5, 5.41) is 0. The molecular weight excluding hydrogens is 773 g/mol. The van der Waals surface area contributed by atoms with Gasteiger partial charge in [-0.3, -0.25) is 38.5 Å². The normalized spacial score (nSPS) is 13.8. The number of carbonyl (C=O) groups excluding carboxylic acids is 9. The van der Waals surface area contributed by atoms with E-state index in [1.807, 2.05) is 79.7 Å². The Bertz CT molecular complexity index is 1520. The first-order valence-electron chi connectivity index (χ1n) is 22.3. The number of rotatable bonds is 21. The summed E-state index contributed by atoms with van der Waals surface area (Å²) in [6.45, 7) is 28.0. The number of imide groups is 1. The SMILES string of the molecule is CC(=O)C(C)C.CC(=O)CC(CCCCN)C(=O)C(C)(C)C.CC(=O)CCCC(=O)CCc1ccc(CC(C)=O)cc1.CC1CC(=O)N(C(C)C)C1=O.CCC(=O)CC(C)C. The van der Waals surface area contributed by atoms with Crippen LogP contribution in [0.15, 0.2) is 24.3 Å². The standard InChI is InChI=1S/C17H22O3.C13H25NO2.C8H13NO2.C7H14O.C5H10O/c1-13(18)4-3-5-17(20)11-10-15-6-8-16(9-7-15)12-14(2)19;1-10(15)9-11(7-5-6-8-14)12(16)13(2,3)4;1-5(2)9-7(10)4-6(3)8(9)11;1-4-7(8)5-6(2)3;1-4(2)5(3)6/h6-9H,3-5,10-12H2,1-2H3;11H,5-9,14H2,1-4H3;5-6H,4H2,1-3H3;6H,4-5H2,1-3H3;4H,1-3H3. The van der Waals surface area contributed by atoms with E-state index in [0.717, 1.165) is 43.2 Å². The molecule has 1 aromatic carbocycles. The molecule has 0 aliphatic carbocycles. The Kier molecular flexibility index (Phi) is 33.8. The maximum Gasteiger partial charge on any atom is 0.232 e. The molecule has 1 aliphatic rings. The fourth-order valence-corrected chi connectivity index (χ4v) is 5.82. The summed E-state index contributed by atoms with van der Waals surface area (Å²) in [5.74, 6) is 1.88. The molecule has 0 bridgehead atoms. The van der Waals surface area contributed by atoms with Gasteiger partial charge in [0, 0.05) is 80.6 Å². The summed E-state index contributed by atoms with van der Waals surface area (Å²) in [4.78, 5) is 101. The fraction of sp³-hybridized carbons (Fsp3) is 0.700. The van der Waals surface area contributed by atoms with Crippen LogP contribution < -0.4 is 5.73 Å². The number of hydrogen-bond donors (Lipinski definition) is 1. The topological polar surface area (TPSA) is 183 Å². The van der Waals surface area contributed by atoms with Crippen LogP contribution in [0.2, 0.25) is 0 Å². The zero-order valence-corrected chi connectivity index (χ0v) is 40.8. The van der Waals surface area contributed by atoms with Gasteiger partial charge in [-0.1, -0.05) is 93.0 Å². The van der Waals surface area contributed by atoms with Crippen molar-refractivity contribution in [2.45, 2.75) is 193 Å². The summed E-state index contributed by atoms with van der Waals surface area (Å²) in [7, 11) is 0. The number of nitrogens with two attached hydrogens (primary N) is 1. The van der Waals surface area contributed by atoms with Crippen molar-refractivity contribution < 1.29 is 43.2 Å². The van der Waals surface area contributed by atoms with Crippen LogP contribution >= 0.6 is 0 Å². The van der Waals surface area contributed by atoms with E-state index in [-0.39, 0.29) is 75.7 Å². The van der Waals surface area contributed by atoms with Crippen LogP contribution in [-0.4, -0.2) is 69.8 Å². The second-order valence-corrected chi connectivity index (χ2v) is 18.3. The zero-order chi connectivity index (χ0) is 48.0. The molecular formula is C50H84N2O9. The molecule has 0 saturated carbocycles. The van der Waals surface area contributed by atoms with Gasteiger partial charge in [0.05, 0.1) is 0 Å². The van der Waals surface area contributed by atoms with E-state index in [9.17, 15) is 43.2 Å². The van der Waals surface area contributed by atoms with Crippen LogP contribution in [0, 0.1) is 29.1 Å². The molecule has 61 heavy (non-hydrogen) atoms. The second kappa shape index (κ2) is 33.6. The first kappa shape index (κ1) is 61.3. The minimum absolute atomic E-state index is 0.0138. The van der Waals surface area contributed by atoms with Crippen LogP contribution in [0.5, 0.6) is 0 Å². The van der Waals surface area contributed by atoms with E-state index in [2.05, 4.69) is 13.8 Å². The van der Waals surface area contributed by atoms with E-state index in [0.29, 0.717) is 69.6 Å². The quantitative estimate of drug-likeness (QED) is 0.0923.